The Morgan fingerprint density at radius 1 is 1.19 bits per heavy atom. The molecule has 3 aliphatic carbocycles. The summed E-state index contributed by atoms with van der Waals surface area (Å²) in [4.78, 5) is 66.2. The number of nitrogens with two attached hydrogens (primary N) is 1. The van der Waals surface area contributed by atoms with Crippen LogP contribution in [0.3, 0.4) is 0 Å². The zero-order valence-electron chi connectivity index (χ0n) is 17.7. The predicted molar refractivity (Wildman–Crippen MR) is 106 cm³/mol. The lowest BCUT2D eigenvalue weighted by Crippen LogP contribution is -2.74. The zero-order chi connectivity index (χ0) is 23.9. The van der Waals surface area contributed by atoms with Crippen molar-refractivity contribution in [3.63, 3.8) is 0 Å². The van der Waals surface area contributed by atoms with Crippen molar-refractivity contribution in [2.75, 3.05) is 14.1 Å². The minimum atomic E-state index is -2.79. The first-order valence-electron chi connectivity index (χ1n) is 10.2. The molecular formula is C22H23FN2O7. The maximum absolute atomic E-state index is 14.6. The molecule has 10 heteroatoms. The molecule has 4 N–H and O–H groups in total. The van der Waals surface area contributed by atoms with E-state index in [1.807, 2.05) is 0 Å². The van der Waals surface area contributed by atoms with Gasteiger partial charge in [0.05, 0.1) is 17.5 Å². The van der Waals surface area contributed by atoms with E-state index >= 15 is 0 Å². The Morgan fingerprint density at radius 3 is 2.38 bits per heavy atom. The number of fused-ring (bicyclic) bond motifs is 3. The Balaban J connectivity index is 1.93. The number of halogens is 1. The smallest absolute Gasteiger partial charge is 0.235 e. The molecule has 0 bridgehead atoms. The van der Waals surface area contributed by atoms with E-state index in [2.05, 4.69) is 0 Å². The van der Waals surface area contributed by atoms with Gasteiger partial charge in [-0.15, -0.1) is 0 Å². The Hall–Kier alpha value is -2.98. The van der Waals surface area contributed by atoms with Crippen LogP contribution in [0.4, 0.5) is 4.39 Å². The first kappa shape index (κ1) is 22.2. The first-order chi connectivity index (χ1) is 14.8. The van der Waals surface area contributed by atoms with E-state index in [4.69, 9.17) is 5.73 Å². The number of aliphatic hydroxyl groups is 1. The van der Waals surface area contributed by atoms with Crippen LogP contribution < -0.4 is 5.73 Å². The number of rotatable bonds is 2. The highest BCUT2D eigenvalue weighted by Gasteiger charge is 2.70. The summed E-state index contributed by atoms with van der Waals surface area (Å²) in [6.07, 6.45) is -0.125. The van der Waals surface area contributed by atoms with Gasteiger partial charge in [-0.2, -0.15) is 0 Å². The van der Waals surface area contributed by atoms with Crippen molar-refractivity contribution in [1.29, 1.82) is 0 Å². The van der Waals surface area contributed by atoms with Crippen LogP contribution in [0, 0.1) is 29.5 Å². The third-order valence-electron chi connectivity index (χ3n) is 7.38. The molecule has 2 fully saturated rings. The maximum atomic E-state index is 14.6. The number of amides is 1. The van der Waals surface area contributed by atoms with Crippen LogP contribution in [0.5, 0.6) is 5.75 Å². The number of benzene rings is 1. The molecule has 0 spiro atoms. The minimum Gasteiger partial charge on any atom is -0.507 e. The molecule has 2 unspecified atom stereocenters. The van der Waals surface area contributed by atoms with Crippen LogP contribution in [-0.2, 0) is 19.2 Å². The van der Waals surface area contributed by atoms with E-state index in [-0.39, 0.29) is 17.5 Å². The number of phenols is 1. The van der Waals surface area contributed by atoms with Gasteiger partial charge in [0.15, 0.2) is 34.7 Å². The highest BCUT2D eigenvalue weighted by Crippen LogP contribution is 2.54. The van der Waals surface area contributed by atoms with Crippen LogP contribution in [0.1, 0.15) is 35.2 Å². The van der Waals surface area contributed by atoms with Crippen molar-refractivity contribution < 1.29 is 38.6 Å². The van der Waals surface area contributed by atoms with Gasteiger partial charge < -0.3 is 15.9 Å². The Labute approximate surface area is 182 Å². The van der Waals surface area contributed by atoms with Crippen molar-refractivity contribution in [2.45, 2.75) is 30.9 Å². The third kappa shape index (κ3) is 2.59. The van der Waals surface area contributed by atoms with Crippen LogP contribution in [0.15, 0.2) is 12.1 Å². The van der Waals surface area contributed by atoms with Crippen molar-refractivity contribution in [3.05, 3.63) is 29.1 Å². The van der Waals surface area contributed by atoms with Gasteiger partial charge in [0.2, 0.25) is 5.91 Å². The molecule has 170 valence electrons. The van der Waals surface area contributed by atoms with Crippen molar-refractivity contribution in [2.24, 2.45) is 29.4 Å². The number of Topliss-reactive ketones (excluding diaryl/α,β-unsaturated/α-hetero) is 4. The monoisotopic (exact) mass is 446 g/mol. The lowest BCUT2D eigenvalue weighted by atomic mass is 9.50. The summed E-state index contributed by atoms with van der Waals surface area (Å²) in [6.45, 7) is 1.59. The summed E-state index contributed by atoms with van der Waals surface area (Å²) in [5.74, 6) is -13.1. The summed E-state index contributed by atoms with van der Waals surface area (Å²) in [7, 11) is 2.99. The lowest BCUT2D eigenvalue weighted by molar-refractivity contribution is -0.181. The summed E-state index contributed by atoms with van der Waals surface area (Å²) in [6, 6.07) is 0.824. The topological polar surface area (TPSA) is 155 Å². The van der Waals surface area contributed by atoms with Gasteiger partial charge in [-0.3, -0.25) is 28.9 Å². The average molecular weight is 446 g/mol. The van der Waals surface area contributed by atoms with E-state index in [9.17, 15) is 38.6 Å². The third-order valence-corrected chi connectivity index (χ3v) is 7.38. The molecular weight excluding hydrogens is 423 g/mol. The van der Waals surface area contributed by atoms with Gasteiger partial charge >= 0.3 is 0 Å². The molecule has 32 heavy (non-hydrogen) atoms. The molecule has 4 rings (SSSR count). The minimum absolute atomic E-state index is 0.0423. The number of hydrogen-bond donors (Lipinski definition) is 3. The van der Waals surface area contributed by atoms with Crippen LogP contribution >= 0.6 is 0 Å². The second-order valence-corrected chi connectivity index (χ2v) is 9.13. The van der Waals surface area contributed by atoms with E-state index in [1.54, 1.807) is 6.92 Å². The van der Waals surface area contributed by atoms with Crippen LogP contribution in [0.2, 0.25) is 0 Å². The number of primary amides is 1. The van der Waals surface area contributed by atoms with E-state index < -0.39 is 81.8 Å². The first-order valence-corrected chi connectivity index (χ1v) is 10.2. The zero-order valence-corrected chi connectivity index (χ0v) is 17.7. The largest absolute Gasteiger partial charge is 0.507 e. The van der Waals surface area contributed by atoms with E-state index in [0.717, 1.165) is 12.1 Å². The lowest BCUT2D eigenvalue weighted by Gasteiger charge is -2.53. The number of aromatic hydroxyl groups is 1. The number of nitrogens with zero attached hydrogens (tertiary/aromatic N) is 1. The Morgan fingerprint density at radius 2 is 1.81 bits per heavy atom. The molecule has 0 radical (unpaired) electrons. The molecule has 0 heterocycles. The molecule has 2 saturated carbocycles. The molecule has 0 aromatic heterocycles. The fourth-order valence-electron chi connectivity index (χ4n) is 5.94. The summed E-state index contributed by atoms with van der Waals surface area (Å²) in [5, 5.41) is 21.6. The molecule has 1 amide bonds. The number of ketones is 4. The number of carbonyl (C=O) groups is 5. The fourth-order valence-corrected chi connectivity index (χ4v) is 5.94. The van der Waals surface area contributed by atoms with Crippen molar-refractivity contribution in [1.82, 2.24) is 4.90 Å². The van der Waals surface area contributed by atoms with Crippen molar-refractivity contribution >= 4 is 29.0 Å². The molecule has 3 aliphatic rings. The second-order valence-electron chi connectivity index (χ2n) is 9.13. The fraction of sp³-hybridized carbons (Fsp3) is 0.500. The number of hydrogen-bond acceptors (Lipinski definition) is 8. The number of likely N-dealkylation sites (N-methyl/N-ethyl adjacent to an activating group) is 1. The number of carbonyl (C=O) groups excluding carboxylic acids is 5. The molecule has 0 aliphatic heterocycles. The second kappa shape index (κ2) is 7.01. The molecule has 9 nitrogen and oxygen atoms in total. The highest BCUT2D eigenvalue weighted by atomic mass is 19.1. The van der Waals surface area contributed by atoms with Crippen molar-refractivity contribution in [3.8, 4) is 5.75 Å². The maximum Gasteiger partial charge on any atom is 0.235 e. The molecule has 0 saturated heterocycles. The van der Waals surface area contributed by atoms with Gasteiger partial charge in [0, 0.05) is 11.5 Å². The molecule has 1 aromatic rings. The van der Waals surface area contributed by atoms with Gasteiger partial charge in [-0.1, -0.05) is 6.92 Å². The van der Waals surface area contributed by atoms with Crippen LogP contribution in [0.25, 0.3) is 0 Å². The normalized spacial score (nSPS) is 36.6. The van der Waals surface area contributed by atoms with E-state index in [1.165, 1.54) is 19.0 Å². The van der Waals surface area contributed by atoms with Crippen LogP contribution in [-0.4, -0.2) is 69.9 Å². The standard InChI is InChI=1S/C22H23FN2O7/c1-7-8-6-9-16(25(2)3)18(28)15(21(24)31)20(30)22(9,32)19(29)13(8)17(27)14-11(26)5-4-10(23)12(7)14/h4-5,7-9,13,15-16,26,32H,6H2,1-3H3,(H2,24,31)/t7-,8-,9+,13?,15?,16+,22+/m1/s1. The van der Waals surface area contributed by atoms with E-state index in [0.29, 0.717) is 0 Å². The Kier molecular flexibility index (Phi) is 4.87. The Bertz CT molecular complexity index is 1100. The quantitative estimate of drug-likeness (QED) is 0.517. The van der Waals surface area contributed by atoms with Gasteiger partial charge in [0.1, 0.15) is 11.6 Å². The summed E-state index contributed by atoms with van der Waals surface area (Å²) < 4.78 is 14.6. The number of phenolic OH excluding ortho intramolecular Hbond substituents is 1. The predicted octanol–water partition coefficient (Wildman–Crippen LogP) is -0.433. The average Bonchev–Trinajstić information content (AvgIpc) is 2.69. The SMILES string of the molecule is C[C@H]1c2c(F)ccc(O)c2C(=O)C2C(=O)[C@]3(O)C(=O)C(C(N)=O)C(=O)[C@@H](N(C)C)[C@@H]3C[C@@H]21. The molecule has 1 aromatic carbocycles. The summed E-state index contributed by atoms with van der Waals surface area (Å²) in [5.41, 5.74) is 2.06. The summed E-state index contributed by atoms with van der Waals surface area (Å²) >= 11 is 0. The molecule has 7 atom stereocenters. The van der Waals surface area contributed by atoms with Gasteiger partial charge in [-0.05, 0) is 44.5 Å². The van der Waals surface area contributed by atoms with Gasteiger partial charge in [0.25, 0.3) is 0 Å². The van der Waals surface area contributed by atoms with Gasteiger partial charge in [-0.25, -0.2) is 4.39 Å². The highest BCUT2D eigenvalue weighted by molar-refractivity contribution is 6.32.